The van der Waals surface area contributed by atoms with Crippen molar-refractivity contribution >= 4 is 17.9 Å². The zero-order valence-electron chi connectivity index (χ0n) is 14.2. The molecular formula is C16H17F2N3O5. The van der Waals surface area contributed by atoms with Crippen LogP contribution in [0.15, 0.2) is 33.9 Å². The number of oxime groups is 1. The molecule has 2 rings (SSSR count). The van der Waals surface area contributed by atoms with E-state index in [2.05, 4.69) is 20.4 Å². The lowest BCUT2D eigenvalue weighted by atomic mass is 10.2. The number of amides is 1. The monoisotopic (exact) mass is 369 g/mol. The highest BCUT2D eigenvalue weighted by atomic mass is 19.3. The Balaban J connectivity index is 1.93. The van der Waals surface area contributed by atoms with Gasteiger partial charge in [0, 0.05) is 11.6 Å². The highest BCUT2D eigenvalue weighted by Crippen LogP contribution is 2.28. The maximum atomic E-state index is 12.3. The van der Waals surface area contributed by atoms with Crippen molar-refractivity contribution in [2.24, 2.45) is 5.16 Å². The molecular weight excluding hydrogens is 352 g/mol. The second kappa shape index (κ2) is 8.79. The van der Waals surface area contributed by atoms with Crippen molar-refractivity contribution in [3.63, 3.8) is 0 Å². The van der Waals surface area contributed by atoms with Gasteiger partial charge in [0.1, 0.15) is 5.76 Å². The van der Waals surface area contributed by atoms with Gasteiger partial charge in [0.15, 0.2) is 17.3 Å². The van der Waals surface area contributed by atoms with Crippen LogP contribution in [0, 0.1) is 6.92 Å². The van der Waals surface area contributed by atoms with Gasteiger partial charge in [-0.1, -0.05) is 10.3 Å². The molecule has 1 aromatic carbocycles. The van der Waals surface area contributed by atoms with Crippen LogP contribution in [0.4, 0.5) is 14.6 Å². The molecule has 1 atom stereocenters. The average molecular weight is 369 g/mol. The van der Waals surface area contributed by atoms with Gasteiger partial charge in [-0.2, -0.15) is 8.78 Å². The summed E-state index contributed by atoms with van der Waals surface area (Å²) in [5.41, 5.74) is 0.503. The number of aryl methyl sites for hydroxylation is 1. The predicted molar refractivity (Wildman–Crippen MR) is 87.6 cm³/mol. The first kappa shape index (κ1) is 19.2. The van der Waals surface area contributed by atoms with Crippen molar-refractivity contribution in [2.45, 2.75) is 26.6 Å². The summed E-state index contributed by atoms with van der Waals surface area (Å²) in [7, 11) is 1.32. The summed E-state index contributed by atoms with van der Waals surface area (Å²) in [6.45, 7) is 0.234. The number of hydrogen-bond donors (Lipinski definition) is 1. The highest BCUT2D eigenvalue weighted by Gasteiger charge is 2.16. The quantitative estimate of drug-likeness (QED) is 0.568. The van der Waals surface area contributed by atoms with E-state index >= 15 is 0 Å². The summed E-state index contributed by atoms with van der Waals surface area (Å²) in [5, 5.41) is 9.84. The van der Waals surface area contributed by atoms with Gasteiger partial charge < -0.3 is 24.2 Å². The van der Waals surface area contributed by atoms with Crippen molar-refractivity contribution in [2.75, 3.05) is 12.4 Å². The van der Waals surface area contributed by atoms with Crippen LogP contribution >= 0.6 is 0 Å². The topological polar surface area (TPSA) is 95.2 Å². The summed E-state index contributed by atoms with van der Waals surface area (Å²) < 4.78 is 38.7. The molecule has 1 amide bonds. The number of nitrogens with zero attached hydrogens (tertiary/aromatic N) is 2. The summed E-state index contributed by atoms with van der Waals surface area (Å²) in [6.07, 6.45) is 0.408. The molecule has 1 aromatic heterocycles. The molecule has 8 nitrogen and oxygen atoms in total. The number of methoxy groups -OCH3 is 1. The third kappa shape index (κ3) is 5.43. The Morgan fingerprint density at radius 1 is 1.35 bits per heavy atom. The molecule has 140 valence electrons. The van der Waals surface area contributed by atoms with Gasteiger partial charge in [0.25, 0.3) is 5.91 Å². The second-order valence-electron chi connectivity index (χ2n) is 5.08. The number of rotatable bonds is 8. The first-order valence-corrected chi connectivity index (χ1v) is 7.45. The lowest BCUT2D eigenvalue weighted by molar-refractivity contribution is -0.126. The predicted octanol–water partition coefficient (Wildman–Crippen LogP) is 2.97. The fraction of sp³-hybridized carbons (Fsp3) is 0.312. The van der Waals surface area contributed by atoms with Crippen molar-refractivity contribution < 1.29 is 32.4 Å². The lowest BCUT2D eigenvalue weighted by Gasteiger charge is -2.10. The number of aromatic nitrogens is 1. The number of halogens is 2. The van der Waals surface area contributed by atoms with Gasteiger partial charge in [0.2, 0.25) is 6.10 Å². The number of ether oxygens (including phenoxy) is 2. The van der Waals surface area contributed by atoms with Crippen LogP contribution in [0.3, 0.4) is 0 Å². The van der Waals surface area contributed by atoms with Gasteiger partial charge in [-0.05, 0) is 32.0 Å². The van der Waals surface area contributed by atoms with E-state index in [9.17, 15) is 13.6 Å². The molecule has 0 aliphatic carbocycles. The Morgan fingerprint density at radius 2 is 2.12 bits per heavy atom. The summed E-state index contributed by atoms with van der Waals surface area (Å²) in [5.74, 6) is 0.373. The SMILES string of the molecule is COc1cc(C=NOC(C)C(=O)Nc2cc(C)on2)ccc1OC(F)F. The molecule has 0 aliphatic rings. The molecule has 1 heterocycles. The molecule has 0 spiro atoms. The van der Waals surface area contributed by atoms with Gasteiger partial charge in [-0.25, -0.2) is 0 Å². The number of alkyl halides is 2. The Hall–Kier alpha value is -3.17. The van der Waals surface area contributed by atoms with E-state index in [4.69, 9.17) is 14.1 Å². The van der Waals surface area contributed by atoms with Gasteiger partial charge in [-0.3, -0.25) is 4.79 Å². The van der Waals surface area contributed by atoms with Crippen LogP contribution in [0.5, 0.6) is 11.5 Å². The fourth-order valence-corrected chi connectivity index (χ4v) is 1.84. The minimum absolute atomic E-state index is 0.101. The molecule has 1 unspecified atom stereocenters. The van der Waals surface area contributed by atoms with Crippen molar-refractivity contribution in [1.82, 2.24) is 5.16 Å². The first-order valence-electron chi connectivity index (χ1n) is 7.45. The van der Waals surface area contributed by atoms with E-state index in [0.29, 0.717) is 11.3 Å². The lowest BCUT2D eigenvalue weighted by Crippen LogP contribution is -2.26. The molecule has 1 N–H and O–H groups in total. The molecule has 26 heavy (non-hydrogen) atoms. The number of hydrogen-bond acceptors (Lipinski definition) is 7. The van der Waals surface area contributed by atoms with Gasteiger partial charge in [0.05, 0.1) is 13.3 Å². The number of benzene rings is 1. The van der Waals surface area contributed by atoms with E-state index in [-0.39, 0.29) is 17.3 Å². The van der Waals surface area contributed by atoms with Crippen molar-refractivity contribution in [3.05, 3.63) is 35.6 Å². The molecule has 10 heteroatoms. The van der Waals surface area contributed by atoms with Crippen LogP contribution in [-0.2, 0) is 9.63 Å². The van der Waals surface area contributed by atoms with E-state index in [1.165, 1.54) is 38.4 Å². The highest BCUT2D eigenvalue weighted by molar-refractivity contribution is 5.93. The van der Waals surface area contributed by atoms with Crippen LogP contribution in [-0.4, -0.2) is 37.1 Å². The molecule has 0 radical (unpaired) electrons. The second-order valence-corrected chi connectivity index (χ2v) is 5.08. The minimum atomic E-state index is -2.96. The van der Waals surface area contributed by atoms with Gasteiger partial charge >= 0.3 is 6.61 Å². The Labute approximate surface area is 147 Å². The van der Waals surface area contributed by atoms with Crippen molar-refractivity contribution in [1.29, 1.82) is 0 Å². The summed E-state index contributed by atoms with van der Waals surface area (Å²) in [4.78, 5) is 17.0. The Bertz CT molecular complexity index is 779. The Morgan fingerprint density at radius 3 is 2.73 bits per heavy atom. The molecule has 0 saturated heterocycles. The first-order chi connectivity index (χ1) is 12.4. The number of carbonyl (C=O) groups is 1. The van der Waals surface area contributed by atoms with Crippen LogP contribution in [0.2, 0.25) is 0 Å². The summed E-state index contributed by atoms with van der Waals surface area (Å²) in [6, 6.07) is 5.79. The number of anilines is 1. The molecule has 0 fully saturated rings. The molecule has 0 saturated carbocycles. The van der Waals surface area contributed by atoms with E-state index in [1.807, 2.05) is 0 Å². The third-order valence-electron chi connectivity index (χ3n) is 3.07. The largest absolute Gasteiger partial charge is 0.493 e. The normalized spacial score (nSPS) is 12.2. The Kier molecular flexibility index (Phi) is 6.48. The van der Waals surface area contributed by atoms with Crippen molar-refractivity contribution in [3.8, 4) is 11.5 Å². The molecule has 0 aliphatic heterocycles. The molecule has 0 bridgehead atoms. The zero-order valence-corrected chi connectivity index (χ0v) is 14.2. The number of nitrogens with one attached hydrogen (secondary N) is 1. The molecule has 2 aromatic rings. The van der Waals surface area contributed by atoms with E-state index in [1.54, 1.807) is 13.0 Å². The fourth-order valence-electron chi connectivity index (χ4n) is 1.84. The van der Waals surface area contributed by atoms with Crippen LogP contribution in [0.25, 0.3) is 0 Å². The minimum Gasteiger partial charge on any atom is -0.493 e. The van der Waals surface area contributed by atoms with Crippen LogP contribution in [0.1, 0.15) is 18.2 Å². The maximum absolute atomic E-state index is 12.3. The maximum Gasteiger partial charge on any atom is 0.387 e. The standard InChI is InChI=1S/C16H17F2N3O5/c1-9-6-14(21-25-9)20-15(22)10(2)26-19-8-11-4-5-12(24-16(17)18)13(7-11)23-3/h4-8,10,16H,1-3H3,(H,20,21,22). The van der Waals surface area contributed by atoms with E-state index < -0.39 is 18.6 Å². The smallest absolute Gasteiger partial charge is 0.387 e. The van der Waals surface area contributed by atoms with E-state index in [0.717, 1.165) is 0 Å². The number of carbonyl (C=O) groups excluding carboxylic acids is 1. The van der Waals surface area contributed by atoms with Gasteiger partial charge in [-0.15, -0.1) is 0 Å². The zero-order chi connectivity index (χ0) is 19.1. The third-order valence-corrected chi connectivity index (χ3v) is 3.07. The summed E-state index contributed by atoms with van der Waals surface area (Å²) >= 11 is 0. The van der Waals surface area contributed by atoms with Crippen LogP contribution < -0.4 is 14.8 Å². The average Bonchev–Trinajstić information content (AvgIpc) is 3.00.